The zero-order chi connectivity index (χ0) is 15.6. The van der Waals surface area contributed by atoms with Crippen LogP contribution in [-0.4, -0.2) is 40.4 Å². The molecular formula is C15H18N2O4. The number of amides is 2. The number of carboxylic acid groups (broad SMARTS) is 1. The molecule has 2 amide bonds. The maximum absolute atomic E-state index is 12.1. The minimum Gasteiger partial charge on any atom is -0.478 e. The van der Waals surface area contributed by atoms with Gasteiger partial charge in [-0.3, -0.25) is 9.59 Å². The predicted molar refractivity (Wildman–Crippen MR) is 77.0 cm³/mol. The van der Waals surface area contributed by atoms with Crippen LogP contribution in [-0.2, 0) is 9.59 Å². The van der Waals surface area contributed by atoms with E-state index < -0.39 is 5.97 Å². The molecule has 1 unspecified atom stereocenters. The number of rotatable bonds is 4. The lowest BCUT2D eigenvalue weighted by Gasteiger charge is -2.20. The first-order chi connectivity index (χ1) is 9.88. The molecule has 6 heteroatoms. The van der Waals surface area contributed by atoms with E-state index in [2.05, 4.69) is 5.32 Å². The molecule has 112 valence electrons. The number of nitrogens with one attached hydrogen (secondary N) is 1. The Morgan fingerprint density at radius 1 is 1.29 bits per heavy atom. The Bertz CT molecular complexity index is 566. The highest BCUT2D eigenvalue weighted by molar-refractivity contribution is 5.97. The van der Waals surface area contributed by atoms with Crippen molar-refractivity contribution in [1.29, 1.82) is 0 Å². The average molecular weight is 290 g/mol. The van der Waals surface area contributed by atoms with E-state index in [4.69, 9.17) is 5.11 Å². The highest BCUT2D eigenvalue weighted by Crippen LogP contribution is 2.22. The minimum atomic E-state index is -1.01. The molecular weight excluding hydrogens is 272 g/mol. The normalized spacial score (nSPS) is 18.1. The van der Waals surface area contributed by atoms with Crippen molar-refractivity contribution in [2.45, 2.75) is 26.3 Å². The van der Waals surface area contributed by atoms with E-state index in [-0.39, 0.29) is 35.8 Å². The molecule has 1 saturated heterocycles. The molecule has 6 nitrogen and oxygen atoms in total. The summed E-state index contributed by atoms with van der Waals surface area (Å²) in [6.45, 7) is 4.27. The van der Waals surface area contributed by atoms with Crippen molar-refractivity contribution in [1.82, 2.24) is 4.90 Å². The average Bonchev–Trinajstić information content (AvgIpc) is 2.81. The van der Waals surface area contributed by atoms with Gasteiger partial charge in [-0.1, -0.05) is 0 Å². The van der Waals surface area contributed by atoms with Gasteiger partial charge in [-0.25, -0.2) is 4.79 Å². The third-order valence-electron chi connectivity index (χ3n) is 3.55. The Morgan fingerprint density at radius 3 is 2.38 bits per heavy atom. The standard InChI is InChI=1S/C15H18N2O4/c1-9(2)17-8-11(7-13(17)18)14(19)16-12-5-3-10(4-6-12)15(20)21/h3-6,9,11H,7-8H2,1-2H3,(H,16,19)(H,20,21). The summed E-state index contributed by atoms with van der Waals surface area (Å²) in [6, 6.07) is 6.03. The Labute approximate surface area is 122 Å². The van der Waals surface area contributed by atoms with Crippen molar-refractivity contribution in [3.63, 3.8) is 0 Å². The SMILES string of the molecule is CC(C)N1CC(C(=O)Nc2ccc(C(=O)O)cc2)CC1=O. The fourth-order valence-corrected chi connectivity index (χ4v) is 2.35. The molecule has 1 aliphatic heterocycles. The summed E-state index contributed by atoms with van der Waals surface area (Å²) in [7, 11) is 0. The molecule has 0 spiro atoms. The summed E-state index contributed by atoms with van der Waals surface area (Å²) < 4.78 is 0. The fraction of sp³-hybridized carbons (Fsp3) is 0.400. The maximum Gasteiger partial charge on any atom is 0.335 e. The third-order valence-corrected chi connectivity index (χ3v) is 3.55. The number of carbonyl (C=O) groups is 3. The van der Waals surface area contributed by atoms with E-state index in [0.29, 0.717) is 12.2 Å². The number of carboxylic acids is 1. The second-order valence-corrected chi connectivity index (χ2v) is 5.41. The van der Waals surface area contributed by atoms with Crippen LogP contribution < -0.4 is 5.32 Å². The van der Waals surface area contributed by atoms with Crippen LogP contribution in [0.1, 0.15) is 30.6 Å². The largest absolute Gasteiger partial charge is 0.478 e. The van der Waals surface area contributed by atoms with Crippen LogP contribution in [0, 0.1) is 5.92 Å². The van der Waals surface area contributed by atoms with Gasteiger partial charge in [0, 0.05) is 24.7 Å². The number of benzene rings is 1. The van der Waals surface area contributed by atoms with Gasteiger partial charge < -0.3 is 15.3 Å². The topological polar surface area (TPSA) is 86.7 Å². The van der Waals surface area contributed by atoms with E-state index in [9.17, 15) is 14.4 Å². The number of likely N-dealkylation sites (tertiary alicyclic amines) is 1. The summed E-state index contributed by atoms with van der Waals surface area (Å²) in [6.07, 6.45) is 0.219. The number of anilines is 1. The quantitative estimate of drug-likeness (QED) is 0.881. The molecule has 0 aromatic heterocycles. The highest BCUT2D eigenvalue weighted by atomic mass is 16.4. The Hall–Kier alpha value is -2.37. The van der Waals surface area contributed by atoms with E-state index in [0.717, 1.165) is 0 Å². The zero-order valence-corrected chi connectivity index (χ0v) is 12.0. The van der Waals surface area contributed by atoms with Gasteiger partial charge in [0.1, 0.15) is 0 Å². The van der Waals surface area contributed by atoms with E-state index in [1.165, 1.54) is 12.1 Å². The molecule has 1 atom stereocenters. The lowest BCUT2D eigenvalue weighted by molar-refractivity contribution is -0.129. The van der Waals surface area contributed by atoms with Crippen molar-refractivity contribution in [3.8, 4) is 0 Å². The zero-order valence-electron chi connectivity index (χ0n) is 12.0. The second-order valence-electron chi connectivity index (χ2n) is 5.41. The summed E-state index contributed by atoms with van der Waals surface area (Å²) in [4.78, 5) is 36.4. The van der Waals surface area contributed by atoms with E-state index in [1.807, 2.05) is 13.8 Å². The second kappa shape index (κ2) is 5.95. The molecule has 1 heterocycles. The number of nitrogens with zero attached hydrogens (tertiary/aromatic N) is 1. The van der Waals surface area contributed by atoms with Crippen molar-refractivity contribution in [3.05, 3.63) is 29.8 Å². The molecule has 1 aromatic carbocycles. The Balaban J connectivity index is 1.99. The molecule has 1 fully saturated rings. The molecule has 0 saturated carbocycles. The predicted octanol–water partition coefficient (Wildman–Crippen LogP) is 1.58. The molecule has 21 heavy (non-hydrogen) atoms. The summed E-state index contributed by atoms with van der Waals surface area (Å²) in [5, 5.41) is 11.5. The van der Waals surface area contributed by atoms with Crippen LogP contribution in [0.15, 0.2) is 24.3 Å². The first-order valence-corrected chi connectivity index (χ1v) is 6.82. The van der Waals surface area contributed by atoms with Gasteiger partial charge >= 0.3 is 5.97 Å². The van der Waals surface area contributed by atoms with Gasteiger partial charge in [0.15, 0.2) is 0 Å². The van der Waals surface area contributed by atoms with Gasteiger partial charge in [-0.2, -0.15) is 0 Å². The number of aromatic carboxylic acids is 1. The molecule has 0 bridgehead atoms. The smallest absolute Gasteiger partial charge is 0.335 e. The molecule has 0 radical (unpaired) electrons. The molecule has 0 aliphatic carbocycles. The van der Waals surface area contributed by atoms with Crippen LogP contribution in [0.5, 0.6) is 0 Å². The van der Waals surface area contributed by atoms with Gasteiger partial charge in [0.25, 0.3) is 0 Å². The van der Waals surface area contributed by atoms with Gasteiger partial charge in [-0.15, -0.1) is 0 Å². The van der Waals surface area contributed by atoms with Crippen molar-refractivity contribution in [2.24, 2.45) is 5.92 Å². The summed E-state index contributed by atoms with van der Waals surface area (Å²) >= 11 is 0. The van der Waals surface area contributed by atoms with Crippen LogP contribution in [0.3, 0.4) is 0 Å². The lowest BCUT2D eigenvalue weighted by atomic mass is 10.1. The molecule has 1 aromatic rings. The van der Waals surface area contributed by atoms with E-state index in [1.54, 1.807) is 17.0 Å². The van der Waals surface area contributed by atoms with Gasteiger partial charge in [-0.05, 0) is 38.1 Å². The van der Waals surface area contributed by atoms with Gasteiger partial charge in [0.05, 0.1) is 11.5 Å². The summed E-state index contributed by atoms with van der Waals surface area (Å²) in [5.74, 6) is -1.60. The highest BCUT2D eigenvalue weighted by Gasteiger charge is 2.35. The van der Waals surface area contributed by atoms with Crippen molar-refractivity contribution in [2.75, 3.05) is 11.9 Å². The number of hydrogen-bond acceptors (Lipinski definition) is 3. The van der Waals surface area contributed by atoms with Crippen molar-refractivity contribution < 1.29 is 19.5 Å². The van der Waals surface area contributed by atoms with Crippen LogP contribution in [0.4, 0.5) is 5.69 Å². The fourth-order valence-electron chi connectivity index (χ4n) is 2.35. The monoisotopic (exact) mass is 290 g/mol. The Kier molecular flexibility index (Phi) is 4.26. The third kappa shape index (κ3) is 3.39. The van der Waals surface area contributed by atoms with Crippen LogP contribution in [0.25, 0.3) is 0 Å². The van der Waals surface area contributed by atoms with Gasteiger partial charge in [0.2, 0.25) is 11.8 Å². The molecule has 2 rings (SSSR count). The first kappa shape index (κ1) is 15.0. The number of carbonyl (C=O) groups excluding carboxylic acids is 2. The summed E-state index contributed by atoms with van der Waals surface area (Å²) in [5.41, 5.74) is 0.690. The first-order valence-electron chi connectivity index (χ1n) is 6.82. The van der Waals surface area contributed by atoms with Crippen LogP contribution in [0.2, 0.25) is 0 Å². The van der Waals surface area contributed by atoms with Crippen molar-refractivity contribution >= 4 is 23.5 Å². The van der Waals surface area contributed by atoms with E-state index >= 15 is 0 Å². The molecule has 1 aliphatic rings. The maximum atomic E-state index is 12.1. The lowest BCUT2D eigenvalue weighted by Crippen LogP contribution is -2.33. The number of hydrogen-bond donors (Lipinski definition) is 2. The van der Waals surface area contributed by atoms with Crippen LogP contribution >= 0.6 is 0 Å². The molecule has 2 N–H and O–H groups in total. The Morgan fingerprint density at radius 2 is 1.90 bits per heavy atom. The minimum absolute atomic E-state index is 0.00799.